The first kappa shape index (κ1) is 14.8. The van der Waals surface area contributed by atoms with Crippen LogP contribution in [0.1, 0.15) is 24.0 Å². The minimum atomic E-state index is -0.405. The number of rotatable bonds is 6. The van der Waals surface area contributed by atoms with E-state index < -0.39 is 5.60 Å². The first-order chi connectivity index (χ1) is 9.71. The van der Waals surface area contributed by atoms with E-state index in [1.54, 1.807) is 14.2 Å². The summed E-state index contributed by atoms with van der Waals surface area (Å²) in [5.74, 6) is 0.134. The van der Waals surface area contributed by atoms with E-state index in [9.17, 15) is 0 Å². The van der Waals surface area contributed by atoms with Gasteiger partial charge >= 0.3 is 0 Å². The molecule has 0 amide bonds. The van der Waals surface area contributed by atoms with Gasteiger partial charge in [-0.05, 0) is 18.1 Å². The van der Waals surface area contributed by atoms with Crippen LogP contribution < -0.4 is 0 Å². The predicted octanol–water partition coefficient (Wildman–Crippen LogP) is 3.87. The standard InChI is InChI=1S/C18H22O2/c1-18(20-3,14-19-2)17(15-10-6-4-7-11-15)16-12-8-5-9-13-16/h4-13,17H,14H2,1-3H3. The predicted molar refractivity (Wildman–Crippen MR) is 82.0 cm³/mol. The van der Waals surface area contributed by atoms with Crippen molar-refractivity contribution in [1.82, 2.24) is 0 Å². The van der Waals surface area contributed by atoms with Gasteiger partial charge in [0.25, 0.3) is 0 Å². The summed E-state index contributed by atoms with van der Waals surface area (Å²) in [5, 5.41) is 0. The van der Waals surface area contributed by atoms with Gasteiger partial charge in [0, 0.05) is 20.1 Å². The Hall–Kier alpha value is -1.64. The molecule has 0 saturated heterocycles. The lowest BCUT2D eigenvalue weighted by atomic mass is 9.78. The molecule has 106 valence electrons. The van der Waals surface area contributed by atoms with E-state index in [-0.39, 0.29) is 5.92 Å². The molecule has 0 fully saturated rings. The van der Waals surface area contributed by atoms with Gasteiger partial charge in [0.1, 0.15) is 0 Å². The molecule has 2 nitrogen and oxygen atoms in total. The largest absolute Gasteiger partial charge is 0.382 e. The van der Waals surface area contributed by atoms with Crippen LogP contribution >= 0.6 is 0 Å². The average Bonchev–Trinajstić information content (AvgIpc) is 2.50. The van der Waals surface area contributed by atoms with Crippen LogP contribution in [-0.4, -0.2) is 26.4 Å². The first-order valence-electron chi connectivity index (χ1n) is 6.85. The molecule has 0 N–H and O–H groups in total. The third kappa shape index (κ3) is 3.09. The SMILES string of the molecule is COCC(C)(OC)C(c1ccccc1)c1ccccc1. The van der Waals surface area contributed by atoms with Gasteiger partial charge in [-0.25, -0.2) is 0 Å². The van der Waals surface area contributed by atoms with Crippen LogP contribution in [0.25, 0.3) is 0 Å². The van der Waals surface area contributed by atoms with Crippen molar-refractivity contribution in [3.63, 3.8) is 0 Å². The zero-order valence-electron chi connectivity index (χ0n) is 12.4. The molecule has 0 aliphatic rings. The van der Waals surface area contributed by atoms with E-state index >= 15 is 0 Å². The van der Waals surface area contributed by atoms with Gasteiger partial charge < -0.3 is 9.47 Å². The van der Waals surface area contributed by atoms with Gasteiger partial charge in [0.15, 0.2) is 0 Å². The maximum Gasteiger partial charge on any atom is 0.0991 e. The molecule has 0 aromatic heterocycles. The van der Waals surface area contributed by atoms with Gasteiger partial charge in [0.2, 0.25) is 0 Å². The topological polar surface area (TPSA) is 18.5 Å². The highest BCUT2D eigenvalue weighted by atomic mass is 16.5. The minimum Gasteiger partial charge on any atom is -0.382 e. The van der Waals surface area contributed by atoms with Crippen molar-refractivity contribution in [1.29, 1.82) is 0 Å². The number of hydrogen-bond donors (Lipinski definition) is 0. The molecule has 20 heavy (non-hydrogen) atoms. The Kier molecular flexibility index (Phi) is 4.94. The molecule has 0 spiro atoms. The average molecular weight is 270 g/mol. The molecule has 0 aliphatic carbocycles. The highest BCUT2D eigenvalue weighted by molar-refractivity contribution is 5.35. The van der Waals surface area contributed by atoms with Crippen molar-refractivity contribution in [2.75, 3.05) is 20.8 Å². The summed E-state index contributed by atoms with van der Waals surface area (Å²) in [6.45, 7) is 2.64. The summed E-state index contributed by atoms with van der Waals surface area (Å²) >= 11 is 0. The van der Waals surface area contributed by atoms with E-state index in [1.807, 2.05) is 12.1 Å². The summed E-state index contributed by atoms with van der Waals surface area (Å²) in [6, 6.07) is 20.9. The Labute approximate surface area is 121 Å². The second kappa shape index (κ2) is 6.69. The third-order valence-electron chi connectivity index (χ3n) is 3.77. The van der Waals surface area contributed by atoms with Gasteiger partial charge in [-0.1, -0.05) is 60.7 Å². The van der Waals surface area contributed by atoms with Crippen molar-refractivity contribution in [3.05, 3.63) is 71.8 Å². The monoisotopic (exact) mass is 270 g/mol. The minimum absolute atomic E-state index is 0.134. The van der Waals surface area contributed by atoms with Crippen LogP contribution in [0.3, 0.4) is 0 Å². The van der Waals surface area contributed by atoms with Crippen LogP contribution in [0.4, 0.5) is 0 Å². The first-order valence-corrected chi connectivity index (χ1v) is 6.85. The van der Waals surface area contributed by atoms with E-state index in [0.717, 1.165) is 0 Å². The number of methoxy groups -OCH3 is 2. The van der Waals surface area contributed by atoms with Crippen LogP contribution in [0, 0.1) is 0 Å². The van der Waals surface area contributed by atoms with Crippen LogP contribution in [-0.2, 0) is 9.47 Å². The lowest BCUT2D eigenvalue weighted by Crippen LogP contribution is -2.40. The van der Waals surface area contributed by atoms with E-state index in [2.05, 4.69) is 55.5 Å². The van der Waals surface area contributed by atoms with E-state index in [0.29, 0.717) is 6.61 Å². The molecule has 2 rings (SSSR count). The summed E-state index contributed by atoms with van der Waals surface area (Å²) in [4.78, 5) is 0. The molecule has 0 heterocycles. The molecule has 2 heteroatoms. The van der Waals surface area contributed by atoms with Gasteiger partial charge in [-0.15, -0.1) is 0 Å². The molecule has 0 saturated carbocycles. The molecule has 1 unspecified atom stereocenters. The number of ether oxygens (including phenoxy) is 2. The zero-order chi connectivity index (χ0) is 14.4. The number of hydrogen-bond acceptors (Lipinski definition) is 2. The maximum absolute atomic E-state index is 5.82. The molecule has 0 aliphatic heterocycles. The molecule has 2 aromatic rings. The maximum atomic E-state index is 5.82. The van der Waals surface area contributed by atoms with Crippen molar-refractivity contribution in [2.24, 2.45) is 0 Å². The Morgan fingerprint density at radius 2 is 1.30 bits per heavy atom. The van der Waals surface area contributed by atoms with Crippen molar-refractivity contribution in [3.8, 4) is 0 Å². The molecule has 1 atom stereocenters. The van der Waals surface area contributed by atoms with Crippen LogP contribution in [0.15, 0.2) is 60.7 Å². The Morgan fingerprint density at radius 3 is 1.65 bits per heavy atom. The second-order valence-electron chi connectivity index (χ2n) is 5.20. The normalized spacial score (nSPS) is 14.2. The second-order valence-corrected chi connectivity index (χ2v) is 5.20. The Morgan fingerprint density at radius 1 is 0.850 bits per heavy atom. The third-order valence-corrected chi connectivity index (χ3v) is 3.77. The molecule has 0 bridgehead atoms. The van der Waals surface area contributed by atoms with E-state index in [4.69, 9.17) is 9.47 Å². The Bertz CT molecular complexity index is 470. The molecule has 0 radical (unpaired) electrons. The fraction of sp³-hybridized carbons (Fsp3) is 0.333. The quantitative estimate of drug-likeness (QED) is 0.793. The van der Waals surface area contributed by atoms with Crippen molar-refractivity contribution in [2.45, 2.75) is 18.4 Å². The van der Waals surface area contributed by atoms with E-state index in [1.165, 1.54) is 11.1 Å². The smallest absolute Gasteiger partial charge is 0.0991 e. The van der Waals surface area contributed by atoms with Gasteiger partial charge in [-0.2, -0.15) is 0 Å². The molecular formula is C18H22O2. The summed E-state index contributed by atoms with van der Waals surface area (Å²) in [5.41, 5.74) is 2.07. The Balaban J connectivity index is 2.50. The summed E-state index contributed by atoms with van der Waals surface area (Å²) in [7, 11) is 3.46. The summed E-state index contributed by atoms with van der Waals surface area (Å²) in [6.07, 6.45) is 0. The number of benzene rings is 2. The highest BCUT2D eigenvalue weighted by Gasteiger charge is 2.36. The van der Waals surface area contributed by atoms with Gasteiger partial charge in [0.05, 0.1) is 12.2 Å². The highest BCUT2D eigenvalue weighted by Crippen LogP contribution is 2.37. The fourth-order valence-corrected chi connectivity index (χ4v) is 2.74. The van der Waals surface area contributed by atoms with Crippen LogP contribution in [0.5, 0.6) is 0 Å². The van der Waals surface area contributed by atoms with Crippen LogP contribution in [0.2, 0.25) is 0 Å². The zero-order valence-corrected chi connectivity index (χ0v) is 12.4. The molecule has 2 aromatic carbocycles. The van der Waals surface area contributed by atoms with Crippen molar-refractivity contribution >= 4 is 0 Å². The fourth-order valence-electron chi connectivity index (χ4n) is 2.74. The summed E-state index contributed by atoms with van der Waals surface area (Å²) < 4.78 is 11.2. The molecular weight excluding hydrogens is 248 g/mol. The van der Waals surface area contributed by atoms with Crippen molar-refractivity contribution < 1.29 is 9.47 Å². The lowest BCUT2D eigenvalue weighted by Gasteiger charge is -2.36. The lowest BCUT2D eigenvalue weighted by molar-refractivity contribution is -0.0614. The van der Waals surface area contributed by atoms with Gasteiger partial charge in [-0.3, -0.25) is 0 Å².